The summed E-state index contributed by atoms with van der Waals surface area (Å²) in [7, 11) is 0. The summed E-state index contributed by atoms with van der Waals surface area (Å²) < 4.78 is 0. The number of piperidine rings is 1. The molecule has 1 amide bonds. The van der Waals surface area contributed by atoms with Crippen LogP contribution in [0.4, 0.5) is 11.9 Å². The summed E-state index contributed by atoms with van der Waals surface area (Å²) in [6.45, 7) is 14.9. The van der Waals surface area contributed by atoms with Crippen LogP contribution in [-0.2, 0) is 23.1 Å². The van der Waals surface area contributed by atoms with E-state index in [9.17, 15) is 4.79 Å². The van der Waals surface area contributed by atoms with E-state index >= 15 is 0 Å². The molecule has 1 saturated carbocycles. The Labute approximate surface area is 284 Å². The van der Waals surface area contributed by atoms with Crippen molar-refractivity contribution >= 4 is 17.8 Å². The molecule has 10 heteroatoms. The lowest BCUT2D eigenvalue weighted by Gasteiger charge is -2.44. The van der Waals surface area contributed by atoms with E-state index in [1.807, 2.05) is 36.2 Å². The van der Waals surface area contributed by atoms with Crippen molar-refractivity contribution < 1.29 is 4.79 Å². The second-order valence-corrected chi connectivity index (χ2v) is 15.1. The Hall–Kier alpha value is -4.31. The third-order valence-corrected chi connectivity index (χ3v) is 9.65. The third-order valence-electron chi connectivity index (χ3n) is 9.65. The van der Waals surface area contributed by atoms with Crippen molar-refractivity contribution in [2.75, 3.05) is 23.4 Å². The van der Waals surface area contributed by atoms with Crippen LogP contribution in [0.15, 0.2) is 61.3 Å². The van der Waals surface area contributed by atoms with E-state index in [0.29, 0.717) is 36.1 Å². The molecule has 48 heavy (non-hydrogen) atoms. The topological polar surface area (TPSA) is 113 Å². The molecular weight excluding hydrogens is 598 g/mol. The standard InChI is InChI=1S/C38H49N9O/c1-7-32-39-21-28(22-40-32)29-23-42-36(43-24-29)47(33(48)14-13-26-11-9-8-10-12-26)30-15-17-46(18-16-30)45-35-41-25-31(37(2,3)4)34(44-35)27-19-38(5,6)20-27/h8-12,21-25,27,30H,7,13-20H2,1-6H3,(H,41,44,45). The number of amides is 1. The number of hydrazine groups is 1. The van der Waals surface area contributed by atoms with Gasteiger partial charge in [0.1, 0.15) is 5.82 Å². The fourth-order valence-electron chi connectivity index (χ4n) is 6.96. The predicted molar refractivity (Wildman–Crippen MR) is 189 cm³/mol. The van der Waals surface area contributed by atoms with E-state index in [1.165, 1.54) is 11.3 Å². The molecule has 0 radical (unpaired) electrons. The molecule has 1 aliphatic heterocycles. The summed E-state index contributed by atoms with van der Waals surface area (Å²) in [4.78, 5) is 43.8. The molecule has 6 rings (SSSR count). The molecule has 4 aromatic rings. The first kappa shape index (κ1) is 33.6. The Morgan fingerprint density at radius 1 is 0.917 bits per heavy atom. The number of anilines is 2. The number of aryl methyl sites for hydroxylation is 2. The highest BCUT2D eigenvalue weighted by molar-refractivity contribution is 5.92. The van der Waals surface area contributed by atoms with Crippen molar-refractivity contribution in [1.82, 2.24) is 34.9 Å². The summed E-state index contributed by atoms with van der Waals surface area (Å²) >= 11 is 0. The van der Waals surface area contributed by atoms with Gasteiger partial charge < -0.3 is 0 Å². The summed E-state index contributed by atoms with van der Waals surface area (Å²) in [5.74, 6) is 2.37. The highest BCUT2D eigenvalue weighted by atomic mass is 16.2. The van der Waals surface area contributed by atoms with Crippen LogP contribution in [0.25, 0.3) is 11.1 Å². The normalized spacial score (nSPS) is 17.1. The van der Waals surface area contributed by atoms with Gasteiger partial charge in [0, 0.05) is 80.0 Å². The van der Waals surface area contributed by atoms with Gasteiger partial charge in [0.25, 0.3) is 0 Å². The molecule has 1 aliphatic carbocycles. The van der Waals surface area contributed by atoms with Crippen molar-refractivity contribution in [2.45, 2.75) is 104 Å². The quantitative estimate of drug-likeness (QED) is 0.195. The van der Waals surface area contributed by atoms with E-state index in [-0.39, 0.29) is 17.4 Å². The fourth-order valence-corrected chi connectivity index (χ4v) is 6.96. The van der Waals surface area contributed by atoms with Crippen molar-refractivity contribution in [1.29, 1.82) is 0 Å². The average molecular weight is 648 g/mol. The lowest BCUT2D eigenvalue weighted by Crippen LogP contribution is -2.49. The van der Waals surface area contributed by atoms with Gasteiger partial charge in [-0.2, -0.15) is 0 Å². The van der Waals surface area contributed by atoms with Crippen molar-refractivity contribution in [3.63, 3.8) is 0 Å². The van der Waals surface area contributed by atoms with Gasteiger partial charge in [0.2, 0.25) is 17.8 Å². The number of hydrogen-bond acceptors (Lipinski definition) is 9. The van der Waals surface area contributed by atoms with Crippen LogP contribution in [0.3, 0.4) is 0 Å². The van der Waals surface area contributed by atoms with E-state index in [2.05, 4.69) is 67.2 Å². The summed E-state index contributed by atoms with van der Waals surface area (Å²) in [5, 5.41) is 2.17. The maximum atomic E-state index is 13.9. The Bertz CT molecular complexity index is 1670. The second kappa shape index (κ2) is 14.0. The smallest absolute Gasteiger partial charge is 0.237 e. The van der Waals surface area contributed by atoms with Crippen LogP contribution in [-0.4, -0.2) is 60.0 Å². The second-order valence-electron chi connectivity index (χ2n) is 15.1. The number of carbonyl (C=O) groups excluding carboxylic acids is 1. The van der Waals surface area contributed by atoms with Crippen LogP contribution in [0.2, 0.25) is 0 Å². The predicted octanol–water partition coefficient (Wildman–Crippen LogP) is 6.94. The number of nitrogens with zero attached hydrogens (tertiary/aromatic N) is 8. The third kappa shape index (κ3) is 7.86. The molecule has 4 heterocycles. The highest BCUT2D eigenvalue weighted by Crippen LogP contribution is 2.51. The number of nitrogens with one attached hydrogen (secondary N) is 1. The minimum Gasteiger partial charge on any atom is -0.287 e. The Morgan fingerprint density at radius 3 is 2.12 bits per heavy atom. The Balaban J connectivity index is 1.16. The van der Waals surface area contributed by atoms with Gasteiger partial charge >= 0.3 is 0 Å². The molecule has 0 bridgehead atoms. The van der Waals surface area contributed by atoms with Gasteiger partial charge in [0.15, 0.2) is 0 Å². The van der Waals surface area contributed by atoms with Crippen LogP contribution in [0.5, 0.6) is 0 Å². The van der Waals surface area contributed by atoms with Gasteiger partial charge in [-0.3, -0.25) is 15.1 Å². The van der Waals surface area contributed by atoms with Gasteiger partial charge in [-0.05, 0) is 54.1 Å². The minimum atomic E-state index is -0.0266. The van der Waals surface area contributed by atoms with E-state index in [0.717, 1.165) is 67.7 Å². The lowest BCUT2D eigenvalue weighted by molar-refractivity contribution is -0.119. The fraction of sp³-hybridized carbons (Fsp3) is 0.500. The molecule has 2 fully saturated rings. The molecule has 1 aromatic carbocycles. The maximum absolute atomic E-state index is 13.9. The van der Waals surface area contributed by atoms with Crippen LogP contribution < -0.4 is 10.3 Å². The molecule has 0 unspecified atom stereocenters. The van der Waals surface area contributed by atoms with Gasteiger partial charge in [0.05, 0.1) is 5.69 Å². The molecule has 2 aliphatic rings. The summed E-state index contributed by atoms with van der Waals surface area (Å²) in [6, 6.07) is 10.1. The molecule has 1 saturated heterocycles. The van der Waals surface area contributed by atoms with Crippen LogP contribution in [0, 0.1) is 5.41 Å². The summed E-state index contributed by atoms with van der Waals surface area (Å²) in [5.41, 5.74) is 9.06. The maximum Gasteiger partial charge on any atom is 0.237 e. The largest absolute Gasteiger partial charge is 0.287 e. The molecule has 0 atom stereocenters. The zero-order valence-electron chi connectivity index (χ0n) is 29.3. The van der Waals surface area contributed by atoms with Crippen molar-refractivity contribution in [2.24, 2.45) is 5.41 Å². The van der Waals surface area contributed by atoms with Gasteiger partial charge in [-0.15, -0.1) is 0 Å². The monoisotopic (exact) mass is 647 g/mol. The Morgan fingerprint density at radius 2 is 1.54 bits per heavy atom. The number of benzene rings is 1. The SMILES string of the molecule is CCc1ncc(-c2cnc(N(C(=O)CCc3ccccc3)C3CCN(Nc4ncc(C(C)(C)C)c(C5CC(C)(C)C5)n4)CC3)nc2)cn1. The van der Waals surface area contributed by atoms with Crippen molar-refractivity contribution in [3.8, 4) is 11.1 Å². The lowest BCUT2D eigenvalue weighted by atomic mass is 9.62. The number of rotatable bonds is 10. The van der Waals surface area contributed by atoms with Gasteiger partial charge in [-0.25, -0.2) is 34.9 Å². The number of hydrogen-bond donors (Lipinski definition) is 1. The number of carbonyl (C=O) groups is 1. The van der Waals surface area contributed by atoms with E-state index in [1.54, 1.807) is 24.8 Å². The molecule has 252 valence electrons. The van der Waals surface area contributed by atoms with Crippen molar-refractivity contribution in [3.05, 3.63) is 84.0 Å². The zero-order chi connectivity index (χ0) is 33.9. The first-order valence-electron chi connectivity index (χ1n) is 17.4. The Kier molecular flexibility index (Phi) is 9.83. The van der Waals surface area contributed by atoms with E-state index in [4.69, 9.17) is 19.9 Å². The van der Waals surface area contributed by atoms with Crippen LogP contribution >= 0.6 is 0 Å². The molecular formula is C38H49N9O. The minimum absolute atomic E-state index is 0.0177. The van der Waals surface area contributed by atoms with Gasteiger partial charge in [-0.1, -0.05) is 71.9 Å². The van der Waals surface area contributed by atoms with Crippen LogP contribution in [0.1, 0.15) is 102 Å². The number of aromatic nitrogens is 6. The zero-order valence-corrected chi connectivity index (χ0v) is 29.3. The summed E-state index contributed by atoms with van der Waals surface area (Å²) in [6.07, 6.45) is 14.8. The molecule has 0 spiro atoms. The average Bonchev–Trinajstić information content (AvgIpc) is 3.07. The van der Waals surface area contributed by atoms with E-state index < -0.39 is 0 Å². The first-order valence-corrected chi connectivity index (χ1v) is 17.4. The molecule has 1 N–H and O–H groups in total. The highest BCUT2D eigenvalue weighted by Gasteiger charge is 2.40. The molecule has 3 aromatic heterocycles. The first-order chi connectivity index (χ1) is 23.0. The molecule has 10 nitrogen and oxygen atoms in total.